The second-order valence-corrected chi connectivity index (χ2v) is 14.8. The first-order valence-corrected chi connectivity index (χ1v) is 18.9. The van der Waals surface area contributed by atoms with E-state index in [1.165, 1.54) is 88.2 Å². The van der Waals surface area contributed by atoms with Gasteiger partial charge in [0, 0.05) is 44.2 Å². The highest BCUT2D eigenvalue weighted by molar-refractivity contribution is 5.29. The van der Waals surface area contributed by atoms with E-state index in [-0.39, 0.29) is 6.10 Å². The highest BCUT2D eigenvalue weighted by Gasteiger charge is 2.31. The van der Waals surface area contributed by atoms with Crippen LogP contribution in [-0.2, 0) is 11.2 Å². The fourth-order valence-electron chi connectivity index (χ4n) is 6.98. The Hall–Kier alpha value is -1.70. The lowest BCUT2D eigenvalue weighted by atomic mass is 9.82. The molecule has 4 rings (SSSR count). The summed E-state index contributed by atoms with van der Waals surface area (Å²) in [6, 6.07) is 9.64. The highest BCUT2D eigenvalue weighted by atomic mass is 16.5. The number of hydrogen-bond acceptors (Lipinski definition) is 6. The number of benzene rings is 1. The molecule has 3 aliphatic rings. The van der Waals surface area contributed by atoms with Crippen LogP contribution < -0.4 is 4.74 Å². The average Bonchev–Trinajstić information content (AvgIpc) is 3.94. The van der Waals surface area contributed by atoms with Gasteiger partial charge in [0.1, 0.15) is 18.5 Å². The molecule has 0 bridgehead atoms. The second kappa shape index (κ2) is 20.0. The molecule has 2 aliphatic heterocycles. The van der Waals surface area contributed by atoms with Gasteiger partial charge < -0.3 is 19.7 Å². The van der Waals surface area contributed by atoms with E-state index >= 15 is 0 Å². The van der Waals surface area contributed by atoms with Crippen molar-refractivity contribution in [1.29, 1.82) is 0 Å². The van der Waals surface area contributed by atoms with Crippen molar-refractivity contribution in [2.75, 3.05) is 39.4 Å². The number of nitrogens with zero attached hydrogens (tertiary/aromatic N) is 2. The summed E-state index contributed by atoms with van der Waals surface area (Å²) in [5, 5.41) is 20.6. The van der Waals surface area contributed by atoms with Crippen molar-refractivity contribution in [2.45, 2.75) is 142 Å². The van der Waals surface area contributed by atoms with Gasteiger partial charge in [-0.1, -0.05) is 102 Å². The fourth-order valence-corrected chi connectivity index (χ4v) is 6.98. The normalized spacial score (nSPS) is 27.2. The standard InChI is InChI=1S/C40H66N2O4/c1-5-6-7-9-13-18-35(36-21-22-40(31(2)23-36)46-30-38(44)28-42-26-33(42)4)19-14-11-8-10-12-16-34-17-15-20-39(24-34)45-29-37(43)27-41-25-32(41)3/h15,17,20-24,31-33,35,37-38,40,43-44H,5-14,16,18-19,25-30H2,1-4H3. The van der Waals surface area contributed by atoms with Crippen LogP contribution >= 0.6 is 0 Å². The van der Waals surface area contributed by atoms with Gasteiger partial charge in [0.25, 0.3) is 0 Å². The average molecular weight is 639 g/mol. The van der Waals surface area contributed by atoms with E-state index < -0.39 is 12.2 Å². The van der Waals surface area contributed by atoms with Crippen molar-refractivity contribution in [3.05, 3.63) is 53.6 Å². The van der Waals surface area contributed by atoms with Crippen molar-refractivity contribution in [1.82, 2.24) is 9.80 Å². The number of unbranched alkanes of at least 4 members (excludes halogenated alkanes) is 8. The molecular formula is C40H66N2O4. The molecule has 2 fully saturated rings. The maximum absolute atomic E-state index is 10.4. The number of hydrogen-bond donors (Lipinski definition) is 2. The van der Waals surface area contributed by atoms with E-state index in [0.717, 1.165) is 31.8 Å². The van der Waals surface area contributed by atoms with Gasteiger partial charge >= 0.3 is 0 Å². The van der Waals surface area contributed by atoms with Crippen molar-refractivity contribution in [3.63, 3.8) is 0 Å². The molecule has 0 amide bonds. The molecule has 1 aromatic carbocycles. The van der Waals surface area contributed by atoms with Crippen LogP contribution in [0.1, 0.15) is 110 Å². The number of rotatable bonds is 25. The summed E-state index contributed by atoms with van der Waals surface area (Å²) < 4.78 is 12.1. The fraction of sp³-hybridized carbons (Fsp3) is 0.750. The summed E-state index contributed by atoms with van der Waals surface area (Å²) in [5.74, 6) is 1.85. The zero-order valence-corrected chi connectivity index (χ0v) is 29.6. The Bertz CT molecular complexity index is 1060. The molecule has 2 heterocycles. The third-order valence-electron chi connectivity index (χ3n) is 10.3. The summed E-state index contributed by atoms with van der Waals surface area (Å²) in [4.78, 5) is 4.55. The van der Waals surface area contributed by atoms with Gasteiger partial charge in [0.15, 0.2) is 0 Å². The first kappa shape index (κ1) is 37.1. The van der Waals surface area contributed by atoms with Gasteiger partial charge in [-0.15, -0.1) is 0 Å². The van der Waals surface area contributed by atoms with Gasteiger partial charge in [-0.2, -0.15) is 0 Å². The minimum atomic E-state index is -0.432. The van der Waals surface area contributed by atoms with Crippen LogP contribution in [0.25, 0.3) is 0 Å². The number of allylic oxidation sites excluding steroid dienone is 2. The first-order valence-electron chi connectivity index (χ1n) is 18.9. The number of aliphatic hydroxyl groups is 2. The van der Waals surface area contributed by atoms with Crippen LogP contribution in [0.5, 0.6) is 5.75 Å². The van der Waals surface area contributed by atoms with E-state index in [1.54, 1.807) is 0 Å². The van der Waals surface area contributed by atoms with E-state index in [0.29, 0.717) is 43.7 Å². The number of aryl methyl sites for hydroxylation is 1. The molecule has 0 aromatic heterocycles. The smallest absolute Gasteiger partial charge is 0.119 e. The Balaban J connectivity index is 1.13. The molecule has 0 spiro atoms. The summed E-state index contributed by atoms with van der Waals surface area (Å²) in [7, 11) is 0. The molecule has 9 atom stereocenters. The van der Waals surface area contributed by atoms with E-state index in [4.69, 9.17) is 9.47 Å². The van der Waals surface area contributed by atoms with E-state index in [1.807, 2.05) is 6.07 Å². The van der Waals surface area contributed by atoms with Gasteiger partial charge in [-0.25, -0.2) is 0 Å². The Morgan fingerprint density at radius 3 is 2.04 bits per heavy atom. The topological polar surface area (TPSA) is 64.9 Å². The molecule has 9 unspecified atom stereocenters. The van der Waals surface area contributed by atoms with Crippen molar-refractivity contribution in [3.8, 4) is 5.75 Å². The highest BCUT2D eigenvalue weighted by Crippen LogP contribution is 2.32. The molecule has 1 aromatic rings. The maximum Gasteiger partial charge on any atom is 0.119 e. The molecule has 0 saturated carbocycles. The van der Waals surface area contributed by atoms with Gasteiger partial charge in [-0.3, -0.25) is 9.80 Å². The predicted molar refractivity (Wildman–Crippen MR) is 190 cm³/mol. The largest absolute Gasteiger partial charge is 0.491 e. The molecular weight excluding hydrogens is 572 g/mol. The van der Waals surface area contributed by atoms with Crippen molar-refractivity contribution in [2.24, 2.45) is 11.8 Å². The summed E-state index contributed by atoms with van der Waals surface area (Å²) >= 11 is 0. The Kier molecular flexibility index (Phi) is 16.1. The molecule has 46 heavy (non-hydrogen) atoms. The van der Waals surface area contributed by atoms with Crippen LogP contribution in [0.2, 0.25) is 0 Å². The van der Waals surface area contributed by atoms with E-state index in [2.05, 4.69) is 73.9 Å². The van der Waals surface area contributed by atoms with Gasteiger partial charge in [0.05, 0.1) is 18.8 Å². The SMILES string of the molecule is CCCCCCCC(CCCCCCCc1cccc(OCC(O)CN2CC2C)c1)C1=CC(C)C(OCC(O)CN2CC2C)C=C1. The van der Waals surface area contributed by atoms with Crippen LogP contribution in [0, 0.1) is 11.8 Å². The summed E-state index contributed by atoms with van der Waals surface area (Å²) in [6.07, 6.45) is 23.0. The van der Waals surface area contributed by atoms with Crippen molar-refractivity contribution < 1.29 is 19.7 Å². The summed E-state index contributed by atoms with van der Waals surface area (Å²) in [5.41, 5.74) is 2.84. The molecule has 260 valence electrons. The van der Waals surface area contributed by atoms with Gasteiger partial charge in [0.2, 0.25) is 0 Å². The molecule has 6 nitrogen and oxygen atoms in total. The monoisotopic (exact) mass is 639 g/mol. The van der Waals surface area contributed by atoms with E-state index in [9.17, 15) is 10.2 Å². The lowest BCUT2D eigenvalue weighted by molar-refractivity contribution is -0.00810. The Labute approximate surface area is 281 Å². The lowest BCUT2D eigenvalue weighted by Crippen LogP contribution is -2.30. The van der Waals surface area contributed by atoms with Crippen LogP contribution in [0.3, 0.4) is 0 Å². The Morgan fingerprint density at radius 2 is 1.41 bits per heavy atom. The third-order valence-corrected chi connectivity index (χ3v) is 10.3. The molecule has 2 N–H and O–H groups in total. The molecule has 2 saturated heterocycles. The second-order valence-electron chi connectivity index (χ2n) is 14.8. The number of β-amino-alcohol motifs (C(OH)–C–C–N with tert-alkyl or cyclic N) is 2. The van der Waals surface area contributed by atoms with Crippen LogP contribution in [0.15, 0.2) is 48.1 Å². The van der Waals surface area contributed by atoms with Gasteiger partial charge in [-0.05, 0) is 68.7 Å². The van der Waals surface area contributed by atoms with Crippen molar-refractivity contribution >= 4 is 0 Å². The van der Waals surface area contributed by atoms with Crippen LogP contribution in [0.4, 0.5) is 0 Å². The molecule has 0 radical (unpaired) electrons. The lowest BCUT2D eigenvalue weighted by Gasteiger charge is -2.28. The number of ether oxygens (including phenoxy) is 2. The first-order chi connectivity index (χ1) is 22.3. The summed E-state index contributed by atoms with van der Waals surface area (Å²) in [6.45, 7) is 13.3. The number of aliphatic hydroxyl groups excluding tert-OH is 2. The maximum atomic E-state index is 10.4. The zero-order valence-electron chi connectivity index (χ0n) is 29.6. The predicted octanol–water partition coefficient (Wildman–Crippen LogP) is 7.57. The third kappa shape index (κ3) is 13.8. The quantitative estimate of drug-likeness (QED) is 0.0851. The Morgan fingerprint density at radius 1 is 0.804 bits per heavy atom. The van der Waals surface area contributed by atoms with Crippen LogP contribution in [-0.4, -0.2) is 89.8 Å². The molecule has 6 heteroatoms. The zero-order chi connectivity index (χ0) is 32.7. The molecule has 1 aliphatic carbocycles. The minimum Gasteiger partial charge on any atom is -0.491 e. The minimum absolute atomic E-state index is 0.0588.